The number of rotatable bonds is 1. The smallest absolute Gasteiger partial charge is 0.254 e. The van der Waals surface area contributed by atoms with E-state index in [4.69, 9.17) is 0 Å². The number of benzene rings is 1. The number of nitrogens with zero attached hydrogens (tertiary/aromatic N) is 1. The molecule has 0 aromatic heterocycles. The van der Waals surface area contributed by atoms with E-state index in [0.717, 1.165) is 35.2 Å². The number of hydrogen-bond donors (Lipinski definition) is 1. The fourth-order valence-electron chi connectivity index (χ4n) is 3.22. The highest BCUT2D eigenvalue weighted by molar-refractivity contribution is 9.10. The molecule has 2 aliphatic heterocycles. The third kappa shape index (κ3) is 2.43. The van der Waals surface area contributed by atoms with Crippen LogP contribution in [-0.2, 0) is 0 Å². The summed E-state index contributed by atoms with van der Waals surface area (Å²) in [7, 11) is 0. The summed E-state index contributed by atoms with van der Waals surface area (Å²) in [6, 6.07) is 6.35. The van der Waals surface area contributed by atoms with Crippen LogP contribution in [0.15, 0.2) is 22.7 Å². The van der Waals surface area contributed by atoms with Gasteiger partial charge in [0, 0.05) is 29.2 Å². The Balaban J connectivity index is 1.79. The van der Waals surface area contributed by atoms with E-state index in [1.54, 1.807) is 0 Å². The van der Waals surface area contributed by atoms with Crippen LogP contribution in [0.4, 0.5) is 0 Å². The number of halogens is 1. The van der Waals surface area contributed by atoms with Crippen molar-refractivity contribution < 1.29 is 4.79 Å². The van der Waals surface area contributed by atoms with Crippen LogP contribution in [-0.4, -0.2) is 36.5 Å². The van der Waals surface area contributed by atoms with Crippen molar-refractivity contribution in [2.75, 3.05) is 19.6 Å². The van der Waals surface area contributed by atoms with Crippen LogP contribution in [0.5, 0.6) is 0 Å². The summed E-state index contributed by atoms with van der Waals surface area (Å²) in [6.45, 7) is 4.86. The van der Waals surface area contributed by atoms with Gasteiger partial charge < -0.3 is 10.2 Å². The van der Waals surface area contributed by atoms with Gasteiger partial charge in [0.25, 0.3) is 5.91 Å². The lowest BCUT2D eigenvalue weighted by molar-refractivity contribution is 0.0785. The molecule has 0 saturated carbocycles. The summed E-state index contributed by atoms with van der Waals surface area (Å²) in [6.07, 6.45) is 2.48. The zero-order chi connectivity index (χ0) is 13.4. The molecule has 3 rings (SSSR count). The van der Waals surface area contributed by atoms with Crippen LogP contribution in [0.2, 0.25) is 0 Å². The number of nitrogens with one attached hydrogen (secondary N) is 1. The molecule has 19 heavy (non-hydrogen) atoms. The number of carbonyl (C=O) groups excluding carboxylic acids is 1. The molecule has 2 fully saturated rings. The molecular weight excluding hydrogens is 304 g/mol. The fourth-order valence-corrected chi connectivity index (χ4v) is 3.59. The maximum absolute atomic E-state index is 12.6. The first-order valence-corrected chi connectivity index (χ1v) is 7.74. The van der Waals surface area contributed by atoms with Gasteiger partial charge in [-0.3, -0.25) is 4.79 Å². The predicted octanol–water partition coefficient (Wildman–Crippen LogP) is 2.58. The Hall–Kier alpha value is -0.870. The number of likely N-dealkylation sites (tertiary alicyclic amines) is 1. The summed E-state index contributed by atoms with van der Waals surface area (Å²) in [5, 5.41) is 3.54. The number of carbonyl (C=O) groups is 1. The van der Waals surface area contributed by atoms with Gasteiger partial charge in [0.15, 0.2) is 0 Å². The van der Waals surface area contributed by atoms with Crippen LogP contribution in [0.25, 0.3) is 0 Å². The molecular formula is C15H19BrN2O. The summed E-state index contributed by atoms with van der Waals surface area (Å²) in [5.41, 5.74) is 1.86. The fraction of sp³-hybridized carbons (Fsp3) is 0.533. The van der Waals surface area contributed by atoms with Gasteiger partial charge in [0.05, 0.1) is 0 Å². The third-order valence-corrected chi connectivity index (χ3v) is 5.24. The third-order valence-electron chi connectivity index (χ3n) is 4.38. The van der Waals surface area contributed by atoms with E-state index in [1.807, 2.05) is 30.0 Å². The lowest BCUT2D eigenvalue weighted by Gasteiger charge is -2.24. The lowest BCUT2D eigenvalue weighted by Crippen LogP contribution is -2.41. The Kier molecular flexibility index (Phi) is 3.63. The largest absolute Gasteiger partial charge is 0.337 e. The molecule has 2 saturated heterocycles. The first kappa shape index (κ1) is 13.1. The lowest BCUT2D eigenvalue weighted by atomic mass is 9.94. The molecule has 3 nitrogen and oxygen atoms in total. The second kappa shape index (κ2) is 5.25. The van der Waals surface area contributed by atoms with Crippen molar-refractivity contribution in [2.24, 2.45) is 5.92 Å². The Morgan fingerprint density at radius 3 is 3.05 bits per heavy atom. The second-order valence-electron chi connectivity index (χ2n) is 5.59. The van der Waals surface area contributed by atoms with E-state index < -0.39 is 0 Å². The second-order valence-corrected chi connectivity index (χ2v) is 6.44. The Labute approximate surface area is 122 Å². The van der Waals surface area contributed by atoms with Gasteiger partial charge in [-0.25, -0.2) is 0 Å². The minimum absolute atomic E-state index is 0.176. The molecule has 0 unspecified atom stereocenters. The molecule has 1 aromatic rings. The molecule has 0 radical (unpaired) electrons. The van der Waals surface area contributed by atoms with E-state index in [2.05, 4.69) is 21.2 Å². The number of hydrogen-bond acceptors (Lipinski definition) is 2. The molecule has 0 aliphatic carbocycles. The normalized spacial score (nSPS) is 26.3. The summed E-state index contributed by atoms with van der Waals surface area (Å²) >= 11 is 3.50. The molecule has 1 amide bonds. The molecule has 1 N–H and O–H groups in total. The van der Waals surface area contributed by atoms with Crippen LogP contribution >= 0.6 is 15.9 Å². The van der Waals surface area contributed by atoms with Crippen molar-refractivity contribution in [2.45, 2.75) is 25.8 Å². The molecule has 102 valence electrons. The maximum Gasteiger partial charge on any atom is 0.254 e. The topological polar surface area (TPSA) is 32.3 Å². The number of piperidine rings is 1. The minimum atomic E-state index is 0.176. The van der Waals surface area contributed by atoms with Gasteiger partial charge in [0.1, 0.15) is 0 Å². The van der Waals surface area contributed by atoms with E-state index in [1.165, 1.54) is 12.8 Å². The average molecular weight is 323 g/mol. The first-order valence-electron chi connectivity index (χ1n) is 6.94. The number of amides is 1. The van der Waals surface area contributed by atoms with Crippen molar-refractivity contribution in [3.63, 3.8) is 0 Å². The van der Waals surface area contributed by atoms with Crippen molar-refractivity contribution in [3.8, 4) is 0 Å². The van der Waals surface area contributed by atoms with Gasteiger partial charge in [-0.2, -0.15) is 0 Å². The maximum atomic E-state index is 12.6. The van der Waals surface area contributed by atoms with E-state index in [-0.39, 0.29) is 5.91 Å². The van der Waals surface area contributed by atoms with Crippen LogP contribution < -0.4 is 5.32 Å². The van der Waals surface area contributed by atoms with Crippen molar-refractivity contribution in [1.82, 2.24) is 10.2 Å². The van der Waals surface area contributed by atoms with Crippen molar-refractivity contribution in [3.05, 3.63) is 33.8 Å². The summed E-state index contributed by atoms with van der Waals surface area (Å²) in [5.74, 6) is 0.820. The highest BCUT2D eigenvalue weighted by Crippen LogP contribution is 2.27. The number of fused-ring (bicyclic) bond motifs is 1. The minimum Gasteiger partial charge on any atom is -0.337 e. The van der Waals surface area contributed by atoms with E-state index >= 15 is 0 Å². The van der Waals surface area contributed by atoms with Crippen LogP contribution in [0, 0.1) is 12.8 Å². The summed E-state index contributed by atoms with van der Waals surface area (Å²) in [4.78, 5) is 14.7. The molecule has 2 aliphatic rings. The van der Waals surface area contributed by atoms with E-state index in [9.17, 15) is 4.79 Å². The van der Waals surface area contributed by atoms with Crippen LogP contribution in [0.1, 0.15) is 28.8 Å². The zero-order valence-corrected chi connectivity index (χ0v) is 12.7. The quantitative estimate of drug-likeness (QED) is 0.862. The predicted molar refractivity (Wildman–Crippen MR) is 79.3 cm³/mol. The standard InChI is InChI=1S/C15H19BrN2O/c1-10-12(5-2-6-13(10)16)15(19)18-8-11-4-3-7-17-14(11)9-18/h2,5-6,11,14,17H,3-4,7-9H2,1H3/t11-,14+/m0/s1. The molecule has 1 aromatic carbocycles. The average Bonchev–Trinajstić information content (AvgIpc) is 2.85. The van der Waals surface area contributed by atoms with Gasteiger partial charge in [-0.1, -0.05) is 22.0 Å². The SMILES string of the molecule is Cc1c(Br)cccc1C(=O)N1C[C@@H]2CCCN[C@@H]2C1. The Bertz CT molecular complexity index is 489. The Morgan fingerprint density at radius 2 is 2.26 bits per heavy atom. The van der Waals surface area contributed by atoms with Gasteiger partial charge in [-0.05, 0) is 49.9 Å². The molecule has 0 bridgehead atoms. The molecule has 0 spiro atoms. The highest BCUT2D eigenvalue weighted by atomic mass is 79.9. The Morgan fingerprint density at radius 1 is 1.42 bits per heavy atom. The first-order chi connectivity index (χ1) is 9.16. The van der Waals surface area contributed by atoms with Gasteiger partial charge in [0.2, 0.25) is 0 Å². The monoisotopic (exact) mass is 322 g/mol. The van der Waals surface area contributed by atoms with Gasteiger partial charge >= 0.3 is 0 Å². The van der Waals surface area contributed by atoms with E-state index in [0.29, 0.717) is 12.0 Å². The zero-order valence-electron chi connectivity index (χ0n) is 11.2. The summed E-state index contributed by atoms with van der Waals surface area (Å²) < 4.78 is 1.01. The van der Waals surface area contributed by atoms with Crippen molar-refractivity contribution >= 4 is 21.8 Å². The van der Waals surface area contributed by atoms with Crippen LogP contribution in [0.3, 0.4) is 0 Å². The molecule has 2 atom stereocenters. The van der Waals surface area contributed by atoms with Crippen molar-refractivity contribution in [1.29, 1.82) is 0 Å². The van der Waals surface area contributed by atoms with Gasteiger partial charge in [-0.15, -0.1) is 0 Å². The molecule has 4 heteroatoms. The molecule has 2 heterocycles. The highest BCUT2D eigenvalue weighted by Gasteiger charge is 2.36.